The van der Waals surface area contributed by atoms with Crippen LogP contribution in [-0.4, -0.2) is 20.0 Å². The van der Waals surface area contributed by atoms with Gasteiger partial charge in [-0.25, -0.2) is 13.6 Å². The number of nitrogens with two attached hydrogens (primary N) is 1. The molecule has 0 saturated carbocycles. The van der Waals surface area contributed by atoms with Crippen LogP contribution in [0.3, 0.4) is 0 Å². The summed E-state index contributed by atoms with van der Waals surface area (Å²) >= 11 is 1.35. The summed E-state index contributed by atoms with van der Waals surface area (Å²) in [6, 6.07) is 1.22. The first-order valence-electron chi connectivity index (χ1n) is 4.70. The van der Waals surface area contributed by atoms with E-state index in [2.05, 4.69) is 0 Å². The fourth-order valence-corrected chi connectivity index (χ4v) is 3.06. The smallest absolute Gasteiger partial charge is 0.271 e. The maximum atomic E-state index is 11.7. The highest BCUT2D eigenvalue weighted by Crippen LogP contribution is 2.34. The molecule has 0 bridgehead atoms. The fourth-order valence-electron chi connectivity index (χ4n) is 1.50. The van der Waals surface area contributed by atoms with Crippen LogP contribution in [0.1, 0.15) is 23.7 Å². The summed E-state index contributed by atoms with van der Waals surface area (Å²) in [6.45, 7) is 1.97. The number of furan rings is 1. The molecule has 1 aliphatic rings. The molecule has 0 saturated heterocycles. The van der Waals surface area contributed by atoms with Crippen molar-refractivity contribution in [2.75, 3.05) is 5.75 Å². The molecule has 0 amide bonds. The van der Waals surface area contributed by atoms with Crippen molar-refractivity contribution in [2.45, 2.75) is 23.5 Å². The van der Waals surface area contributed by atoms with Gasteiger partial charge in [-0.1, -0.05) is 18.7 Å². The number of carbonyl (C=O) groups excluding carboxylic acids is 1. The molecule has 2 rings (SSSR count). The SMILES string of the molecule is CC1CSc2oc(S(N)(=O)=O)cc2C(=O)C1. The summed E-state index contributed by atoms with van der Waals surface area (Å²) in [5.41, 5.74) is 0.332. The Labute approximate surface area is 97.4 Å². The number of hydrogen-bond donors (Lipinski definition) is 1. The van der Waals surface area contributed by atoms with Gasteiger partial charge in [0, 0.05) is 18.2 Å². The first kappa shape index (κ1) is 11.7. The van der Waals surface area contributed by atoms with E-state index in [9.17, 15) is 13.2 Å². The van der Waals surface area contributed by atoms with Gasteiger partial charge >= 0.3 is 0 Å². The second kappa shape index (κ2) is 3.90. The molecule has 5 nitrogen and oxygen atoms in total. The Morgan fingerprint density at radius 2 is 2.25 bits per heavy atom. The molecule has 0 aromatic carbocycles. The Balaban J connectivity index is 2.47. The first-order valence-corrected chi connectivity index (χ1v) is 7.24. The molecule has 2 heterocycles. The largest absolute Gasteiger partial charge is 0.436 e. The molecular weight excluding hydrogens is 250 g/mol. The highest BCUT2D eigenvalue weighted by atomic mass is 32.2. The van der Waals surface area contributed by atoms with Crippen molar-refractivity contribution >= 4 is 27.6 Å². The average Bonchev–Trinajstić information content (AvgIpc) is 2.52. The molecule has 88 valence electrons. The zero-order valence-corrected chi connectivity index (χ0v) is 10.2. The number of sulfonamides is 1. The lowest BCUT2D eigenvalue weighted by molar-refractivity contribution is 0.0965. The summed E-state index contributed by atoms with van der Waals surface area (Å²) in [6.07, 6.45) is 0.406. The predicted octanol–water partition coefficient (Wildman–Crippen LogP) is 1.24. The van der Waals surface area contributed by atoms with Gasteiger partial charge in [-0.3, -0.25) is 4.79 Å². The number of rotatable bonds is 1. The zero-order valence-electron chi connectivity index (χ0n) is 8.60. The highest BCUT2D eigenvalue weighted by molar-refractivity contribution is 7.99. The van der Waals surface area contributed by atoms with Crippen molar-refractivity contribution in [2.24, 2.45) is 11.1 Å². The van der Waals surface area contributed by atoms with Crippen LogP contribution in [-0.2, 0) is 10.0 Å². The number of hydrogen-bond acceptors (Lipinski definition) is 5. The van der Waals surface area contributed by atoms with Crippen LogP contribution in [0, 0.1) is 5.92 Å². The number of Topliss-reactive ketones (excluding diaryl/α,β-unsaturated/α-hetero) is 1. The topological polar surface area (TPSA) is 90.4 Å². The minimum absolute atomic E-state index is 0.0915. The van der Waals surface area contributed by atoms with Crippen LogP contribution in [0.5, 0.6) is 0 Å². The van der Waals surface area contributed by atoms with E-state index < -0.39 is 10.0 Å². The molecule has 1 aromatic rings. The van der Waals surface area contributed by atoms with Crippen molar-refractivity contribution in [1.29, 1.82) is 0 Å². The lowest BCUT2D eigenvalue weighted by Gasteiger charge is -2.02. The van der Waals surface area contributed by atoms with E-state index in [1.54, 1.807) is 0 Å². The monoisotopic (exact) mass is 261 g/mol. The van der Waals surface area contributed by atoms with E-state index in [1.807, 2.05) is 6.92 Å². The number of ketones is 1. The standard InChI is InChI=1S/C9H11NO4S2/c1-5-2-7(11)6-3-8(16(10,12)13)14-9(6)15-4-5/h3,5H,2,4H2,1H3,(H2,10,12,13). The van der Waals surface area contributed by atoms with E-state index in [0.29, 0.717) is 17.1 Å². The van der Waals surface area contributed by atoms with Crippen molar-refractivity contribution < 1.29 is 17.6 Å². The summed E-state index contributed by atoms with van der Waals surface area (Å²) in [5, 5.41) is 4.96. The van der Waals surface area contributed by atoms with Crippen molar-refractivity contribution in [3.63, 3.8) is 0 Å². The Morgan fingerprint density at radius 3 is 2.88 bits per heavy atom. The van der Waals surface area contributed by atoms with E-state index in [4.69, 9.17) is 9.56 Å². The van der Waals surface area contributed by atoms with Gasteiger partial charge in [-0.2, -0.15) is 0 Å². The van der Waals surface area contributed by atoms with E-state index in [-0.39, 0.29) is 16.8 Å². The lowest BCUT2D eigenvalue weighted by atomic mass is 10.0. The van der Waals surface area contributed by atoms with Gasteiger partial charge in [0.25, 0.3) is 10.0 Å². The van der Waals surface area contributed by atoms with Crippen LogP contribution in [0.2, 0.25) is 0 Å². The average molecular weight is 261 g/mol. The number of carbonyl (C=O) groups is 1. The third-order valence-corrected chi connectivity index (χ3v) is 4.35. The summed E-state index contributed by atoms with van der Waals surface area (Å²) in [5.74, 6) is 0.903. The number of thioether (sulfide) groups is 1. The Bertz CT molecular complexity index is 532. The van der Waals surface area contributed by atoms with E-state index in [0.717, 1.165) is 5.75 Å². The molecule has 0 aliphatic carbocycles. The quantitative estimate of drug-likeness (QED) is 0.821. The first-order chi connectivity index (χ1) is 7.38. The van der Waals surface area contributed by atoms with Crippen LogP contribution in [0.25, 0.3) is 0 Å². The second-order valence-electron chi connectivity index (χ2n) is 3.86. The summed E-state index contributed by atoms with van der Waals surface area (Å²) in [4.78, 5) is 11.7. The second-order valence-corrected chi connectivity index (χ2v) is 6.34. The van der Waals surface area contributed by atoms with Crippen LogP contribution in [0.4, 0.5) is 0 Å². The summed E-state index contributed by atoms with van der Waals surface area (Å²) < 4.78 is 27.2. The Hall–Kier alpha value is -0.790. The molecule has 0 radical (unpaired) electrons. The zero-order chi connectivity index (χ0) is 11.9. The Kier molecular flexibility index (Phi) is 2.85. The van der Waals surface area contributed by atoms with Crippen molar-refractivity contribution in [3.8, 4) is 0 Å². The molecule has 1 unspecified atom stereocenters. The highest BCUT2D eigenvalue weighted by Gasteiger charge is 2.27. The number of fused-ring (bicyclic) bond motifs is 1. The third kappa shape index (κ3) is 2.16. The lowest BCUT2D eigenvalue weighted by Crippen LogP contribution is -2.11. The molecule has 7 heteroatoms. The van der Waals surface area contributed by atoms with Gasteiger partial charge in [-0.15, -0.1) is 0 Å². The van der Waals surface area contributed by atoms with Gasteiger partial charge in [0.15, 0.2) is 10.9 Å². The molecule has 2 N–H and O–H groups in total. The van der Waals surface area contributed by atoms with Crippen LogP contribution >= 0.6 is 11.8 Å². The van der Waals surface area contributed by atoms with Crippen LogP contribution in [0.15, 0.2) is 20.7 Å². The van der Waals surface area contributed by atoms with Crippen molar-refractivity contribution in [1.82, 2.24) is 0 Å². The fraction of sp³-hybridized carbons (Fsp3) is 0.444. The van der Waals surface area contributed by atoms with Gasteiger partial charge < -0.3 is 4.42 Å². The van der Waals surface area contributed by atoms with Gasteiger partial charge in [0.05, 0.1) is 5.56 Å². The molecule has 1 aliphatic heterocycles. The molecule has 1 atom stereocenters. The maximum Gasteiger partial charge on any atom is 0.271 e. The molecule has 1 aromatic heterocycles. The third-order valence-electron chi connectivity index (χ3n) is 2.29. The van der Waals surface area contributed by atoms with E-state index >= 15 is 0 Å². The van der Waals surface area contributed by atoms with Gasteiger partial charge in [0.2, 0.25) is 5.09 Å². The maximum absolute atomic E-state index is 11.7. The normalized spacial score (nSPS) is 21.6. The molecular formula is C9H11NO4S2. The van der Waals surface area contributed by atoms with Gasteiger partial charge in [-0.05, 0) is 5.92 Å². The summed E-state index contributed by atoms with van der Waals surface area (Å²) in [7, 11) is -3.88. The molecule has 0 spiro atoms. The minimum Gasteiger partial charge on any atom is -0.436 e. The minimum atomic E-state index is -3.88. The molecule has 0 fully saturated rings. The molecule has 16 heavy (non-hydrogen) atoms. The van der Waals surface area contributed by atoms with Crippen LogP contribution < -0.4 is 5.14 Å². The van der Waals surface area contributed by atoms with Gasteiger partial charge in [0.1, 0.15) is 0 Å². The predicted molar refractivity (Wildman–Crippen MR) is 58.9 cm³/mol. The van der Waals surface area contributed by atoms with E-state index in [1.165, 1.54) is 17.8 Å². The van der Waals surface area contributed by atoms with Crippen molar-refractivity contribution in [3.05, 3.63) is 11.6 Å². The Morgan fingerprint density at radius 1 is 1.56 bits per heavy atom. The number of primary sulfonamides is 1.